The largest absolute Gasteiger partial charge is 0.490 e. The van der Waals surface area contributed by atoms with E-state index in [1.165, 1.54) is 0 Å². The number of aromatic nitrogens is 2. The summed E-state index contributed by atoms with van der Waals surface area (Å²) in [5.41, 5.74) is 5.26. The van der Waals surface area contributed by atoms with E-state index in [0.717, 1.165) is 27.9 Å². The molecule has 0 spiro atoms. The van der Waals surface area contributed by atoms with Crippen molar-refractivity contribution in [2.24, 2.45) is 0 Å². The number of alkyl halides is 3. The molecule has 39 heavy (non-hydrogen) atoms. The van der Waals surface area contributed by atoms with Gasteiger partial charge in [0.2, 0.25) is 0 Å². The molecule has 2 aromatic carbocycles. The molecule has 0 saturated heterocycles. The smallest absolute Gasteiger partial charge is 0.480 e. The summed E-state index contributed by atoms with van der Waals surface area (Å²) in [6, 6.07) is 12.6. The number of carbonyl (C=O) groups is 3. The number of hydrogen-bond acceptors (Lipinski definition) is 6. The van der Waals surface area contributed by atoms with Crippen molar-refractivity contribution in [3.63, 3.8) is 0 Å². The van der Waals surface area contributed by atoms with E-state index >= 15 is 0 Å². The van der Waals surface area contributed by atoms with Crippen LogP contribution >= 0.6 is 11.8 Å². The SMILES string of the molecule is CSCC[C@@H](NC(=O)c1ccc(CNCc2cnc[nH]2)cc1-c1ccccc1C)C(=O)O.O=C(O)C(F)(F)F. The fourth-order valence-electron chi connectivity index (χ4n) is 3.45. The second-order valence-electron chi connectivity index (χ2n) is 8.32. The molecule has 1 aromatic heterocycles. The van der Waals surface area contributed by atoms with Gasteiger partial charge in [0.05, 0.1) is 6.33 Å². The molecule has 0 unspecified atom stereocenters. The van der Waals surface area contributed by atoms with Crippen molar-refractivity contribution in [3.05, 3.63) is 77.4 Å². The number of benzene rings is 2. The summed E-state index contributed by atoms with van der Waals surface area (Å²) in [4.78, 5) is 40.7. The minimum Gasteiger partial charge on any atom is -0.480 e. The molecule has 1 heterocycles. The van der Waals surface area contributed by atoms with Gasteiger partial charge in [-0.1, -0.05) is 30.3 Å². The number of halogens is 3. The van der Waals surface area contributed by atoms with Crippen LogP contribution in [0.25, 0.3) is 11.1 Å². The Morgan fingerprint density at radius 3 is 2.33 bits per heavy atom. The number of carboxylic acid groups (broad SMARTS) is 2. The van der Waals surface area contributed by atoms with Crippen LogP contribution in [0.15, 0.2) is 55.0 Å². The first kappa shape index (κ1) is 31.4. The van der Waals surface area contributed by atoms with Crippen LogP contribution in [0.3, 0.4) is 0 Å². The first-order valence-electron chi connectivity index (χ1n) is 11.6. The third-order valence-electron chi connectivity index (χ3n) is 5.42. The van der Waals surface area contributed by atoms with Crippen molar-refractivity contribution in [1.29, 1.82) is 0 Å². The molecule has 1 atom stereocenters. The van der Waals surface area contributed by atoms with Crippen LogP contribution in [0.4, 0.5) is 13.2 Å². The highest BCUT2D eigenvalue weighted by molar-refractivity contribution is 7.98. The average Bonchev–Trinajstić information content (AvgIpc) is 3.40. The summed E-state index contributed by atoms with van der Waals surface area (Å²) in [5, 5.41) is 22.7. The molecular formula is C26H29F3N4O5S. The van der Waals surface area contributed by atoms with Gasteiger partial charge in [-0.3, -0.25) is 4.79 Å². The lowest BCUT2D eigenvalue weighted by molar-refractivity contribution is -0.192. The van der Waals surface area contributed by atoms with Crippen LogP contribution in [-0.2, 0) is 22.7 Å². The highest BCUT2D eigenvalue weighted by Crippen LogP contribution is 2.28. The molecule has 5 N–H and O–H groups in total. The fraction of sp³-hybridized carbons (Fsp3) is 0.308. The predicted octanol–water partition coefficient (Wildman–Crippen LogP) is 4.24. The van der Waals surface area contributed by atoms with Crippen molar-refractivity contribution >= 4 is 29.6 Å². The zero-order valence-corrected chi connectivity index (χ0v) is 22.0. The van der Waals surface area contributed by atoms with E-state index in [0.29, 0.717) is 30.8 Å². The molecule has 0 aliphatic carbocycles. The molecule has 0 aliphatic heterocycles. The van der Waals surface area contributed by atoms with E-state index in [9.17, 15) is 27.9 Å². The highest BCUT2D eigenvalue weighted by atomic mass is 32.2. The Balaban J connectivity index is 0.000000673. The van der Waals surface area contributed by atoms with Crippen molar-refractivity contribution < 1.29 is 37.8 Å². The maximum absolute atomic E-state index is 13.1. The van der Waals surface area contributed by atoms with E-state index < -0.39 is 24.2 Å². The molecule has 210 valence electrons. The van der Waals surface area contributed by atoms with Crippen LogP contribution in [0, 0.1) is 6.92 Å². The van der Waals surface area contributed by atoms with Gasteiger partial charge in [-0.05, 0) is 59.7 Å². The topological polar surface area (TPSA) is 144 Å². The van der Waals surface area contributed by atoms with Crippen LogP contribution in [0.1, 0.15) is 33.6 Å². The molecule has 0 fully saturated rings. The first-order chi connectivity index (χ1) is 18.4. The Labute approximate surface area is 227 Å². The zero-order chi connectivity index (χ0) is 29.0. The van der Waals surface area contributed by atoms with Gasteiger partial charge >= 0.3 is 18.1 Å². The van der Waals surface area contributed by atoms with Gasteiger partial charge in [0, 0.05) is 30.5 Å². The molecule has 0 saturated carbocycles. The number of thioether (sulfide) groups is 1. The monoisotopic (exact) mass is 566 g/mol. The number of aryl methyl sites for hydroxylation is 1. The van der Waals surface area contributed by atoms with Gasteiger partial charge in [0.1, 0.15) is 6.04 Å². The van der Waals surface area contributed by atoms with Crippen molar-refractivity contribution in [2.45, 2.75) is 38.7 Å². The summed E-state index contributed by atoms with van der Waals surface area (Å²) in [6.07, 6.45) is 0.618. The molecule has 0 bridgehead atoms. The van der Waals surface area contributed by atoms with Crippen molar-refractivity contribution in [2.75, 3.05) is 12.0 Å². The lowest BCUT2D eigenvalue weighted by atomic mass is 9.93. The first-order valence-corrected chi connectivity index (χ1v) is 13.0. The molecule has 9 nitrogen and oxygen atoms in total. The van der Waals surface area contributed by atoms with Crippen LogP contribution in [0.2, 0.25) is 0 Å². The number of hydrogen-bond donors (Lipinski definition) is 5. The second-order valence-corrected chi connectivity index (χ2v) is 9.31. The van der Waals surface area contributed by atoms with Gasteiger partial charge in [0.15, 0.2) is 0 Å². The summed E-state index contributed by atoms with van der Waals surface area (Å²) >= 11 is 1.55. The van der Waals surface area contributed by atoms with Gasteiger partial charge < -0.3 is 25.8 Å². The van der Waals surface area contributed by atoms with Gasteiger partial charge in [-0.2, -0.15) is 24.9 Å². The number of nitrogens with one attached hydrogen (secondary N) is 3. The summed E-state index contributed by atoms with van der Waals surface area (Å²) in [6.45, 7) is 3.27. The summed E-state index contributed by atoms with van der Waals surface area (Å²) < 4.78 is 31.7. The van der Waals surface area contributed by atoms with Crippen LogP contribution < -0.4 is 10.6 Å². The number of H-pyrrole nitrogens is 1. The third kappa shape index (κ3) is 10.1. The van der Waals surface area contributed by atoms with E-state index in [4.69, 9.17) is 9.90 Å². The number of imidazole rings is 1. The maximum Gasteiger partial charge on any atom is 0.490 e. The molecular weight excluding hydrogens is 537 g/mol. The lowest BCUT2D eigenvalue weighted by Crippen LogP contribution is -2.41. The average molecular weight is 567 g/mol. The number of aliphatic carboxylic acids is 2. The number of carbonyl (C=O) groups excluding carboxylic acids is 1. The summed E-state index contributed by atoms with van der Waals surface area (Å²) in [5.74, 6) is -3.51. The maximum atomic E-state index is 13.1. The number of carboxylic acids is 2. The molecule has 3 aromatic rings. The second kappa shape index (κ2) is 14.9. The van der Waals surface area contributed by atoms with E-state index in [2.05, 4.69) is 20.6 Å². The third-order valence-corrected chi connectivity index (χ3v) is 6.06. The highest BCUT2D eigenvalue weighted by Gasteiger charge is 2.38. The Kier molecular flexibility index (Phi) is 12.0. The molecule has 1 amide bonds. The van der Waals surface area contributed by atoms with E-state index in [1.54, 1.807) is 30.4 Å². The molecule has 0 radical (unpaired) electrons. The van der Waals surface area contributed by atoms with Gasteiger partial charge in [-0.25, -0.2) is 14.6 Å². The Bertz CT molecular complexity index is 1250. The Hall–Kier alpha value is -3.84. The minimum atomic E-state index is -5.08. The fourth-order valence-corrected chi connectivity index (χ4v) is 3.92. The van der Waals surface area contributed by atoms with Crippen LogP contribution in [-0.4, -0.2) is 62.3 Å². The molecule has 3 rings (SSSR count). The zero-order valence-electron chi connectivity index (χ0n) is 21.2. The Morgan fingerprint density at radius 2 is 1.77 bits per heavy atom. The lowest BCUT2D eigenvalue weighted by Gasteiger charge is -2.18. The van der Waals surface area contributed by atoms with Gasteiger partial charge in [-0.15, -0.1) is 0 Å². The number of nitrogens with zero attached hydrogens (tertiary/aromatic N) is 1. The Morgan fingerprint density at radius 1 is 1.08 bits per heavy atom. The molecule has 0 aliphatic rings. The normalized spacial score (nSPS) is 11.7. The number of amides is 1. The standard InChI is InChI=1S/C24H28N4O3S.C2HF3O2/c1-16-5-3-4-6-19(16)21-11-17(12-25-13-18-14-26-15-27-18)7-8-20(21)23(29)28-22(24(30)31)9-10-32-2;3-2(4,5)1(6)7/h3-8,11,14-15,22,25H,9-10,12-13H2,1-2H3,(H,26,27)(H,28,29)(H,30,31);(H,6,7)/t22-;/m1./s1. The van der Waals surface area contributed by atoms with Crippen LogP contribution in [0.5, 0.6) is 0 Å². The minimum absolute atomic E-state index is 0.373. The van der Waals surface area contributed by atoms with Gasteiger partial charge in [0.25, 0.3) is 5.91 Å². The van der Waals surface area contributed by atoms with Crippen molar-refractivity contribution in [3.8, 4) is 11.1 Å². The quantitative estimate of drug-likeness (QED) is 0.232. The predicted molar refractivity (Wildman–Crippen MR) is 141 cm³/mol. The summed E-state index contributed by atoms with van der Waals surface area (Å²) in [7, 11) is 0. The number of aromatic amines is 1. The van der Waals surface area contributed by atoms with Crippen molar-refractivity contribution in [1.82, 2.24) is 20.6 Å². The van der Waals surface area contributed by atoms with E-state index in [-0.39, 0.29) is 5.91 Å². The van der Waals surface area contributed by atoms with E-state index in [1.807, 2.05) is 49.6 Å². The molecule has 13 heteroatoms. The number of rotatable bonds is 11.